The van der Waals surface area contributed by atoms with Gasteiger partial charge in [0.15, 0.2) is 0 Å². The van der Waals surface area contributed by atoms with Crippen LogP contribution in [0.15, 0.2) is 53.7 Å². The van der Waals surface area contributed by atoms with Crippen LogP contribution in [-0.4, -0.2) is 25.9 Å². The molecule has 25 heavy (non-hydrogen) atoms. The number of pyridine rings is 1. The normalized spacial score (nSPS) is 11.2. The number of nitrogens with zero attached hydrogens (tertiary/aromatic N) is 1. The van der Waals surface area contributed by atoms with E-state index in [0.29, 0.717) is 18.7 Å². The van der Waals surface area contributed by atoms with Crippen LogP contribution in [0.1, 0.15) is 42.1 Å². The van der Waals surface area contributed by atoms with Crippen molar-refractivity contribution < 1.29 is 13.2 Å². The minimum atomic E-state index is -3.60. The highest BCUT2D eigenvalue weighted by molar-refractivity contribution is 7.89. The topological polar surface area (TPSA) is 88.2 Å². The minimum Gasteiger partial charge on any atom is -0.348 e. The van der Waals surface area contributed by atoms with Crippen molar-refractivity contribution in [1.29, 1.82) is 0 Å². The van der Waals surface area contributed by atoms with Crippen LogP contribution >= 0.6 is 0 Å². The monoisotopic (exact) mass is 361 g/mol. The molecule has 1 amide bonds. The second-order valence-electron chi connectivity index (χ2n) is 5.67. The molecule has 2 rings (SSSR count). The first-order chi connectivity index (χ1) is 12.0. The van der Waals surface area contributed by atoms with Crippen LogP contribution in [0.4, 0.5) is 0 Å². The van der Waals surface area contributed by atoms with Gasteiger partial charge in [0.1, 0.15) is 0 Å². The van der Waals surface area contributed by atoms with Gasteiger partial charge >= 0.3 is 0 Å². The Hall–Kier alpha value is -2.25. The minimum absolute atomic E-state index is 0.0977. The first kappa shape index (κ1) is 19.1. The predicted molar refractivity (Wildman–Crippen MR) is 96.6 cm³/mol. The molecule has 0 aliphatic rings. The van der Waals surface area contributed by atoms with E-state index in [9.17, 15) is 13.2 Å². The number of amides is 1. The maximum absolute atomic E-state index is 12.3. The Kier molecular flexibility index (Phi) is 7.09. The summed E-state index contributed by atoms with van der Waals surface area (Å²) in [6.45, 7) is 2.81. The highest BCUT2D eigenvalue weighted by Crippen LogP contribution is 2.12. The molecule has 0 unspecified atom stereocenters. The van der Waals surface area contributed by atoms with Gasteiger partial charge in [0, 0.05) is 31.0 Å². The second kappa shape index (κ2) is 9.29. The molecular weight excluding hydrogens is 338 g/mol. The third kappa shape index (κ3) is 5.95. The molecule has 2 N–H and O–H groups in total. The molecule has 0 saturated carbocycles. The number of carbonyl (C=O) groups is 1. The van der Waals surface area contributed by atoms with E-state index in [1.54, 1.807) is 36.7 Å². The average Bonchev–Trinajstić information content (AvgIpc) is 2.64. The van der Waals surface area contributed by atoms with E-state index in [0.717, 1.165) is 24.8 Å². The Morgan fingerprint density at radius 1 is 1.12 bits per heavy atom. The molecule has 2 aromatic rings. The molecule has 0 bridgehead atoms. The summed E-state index contributed by atoms with van der Waals surface area (Å²) in [7, 11) is -3.60. The lowest BCUT2D eigenvalue weighted by atomic mass is 10.2. The summed E-state index contributed by atoms with van der Waals surface area (Å²) >= 11 is 0. The number of unbranched alkanes of at least 4 members (excludes halogenated alkanes) is 2. The molecule has 0 aliphatic carbocycles. The van der Waals surface area contributed by atoms with E-state index in [1.165, 1.54) is 12.1 Å². The fraction of sp³-hybridized carbons (Fsp3) is 0.333. The Labute approximate surface area is 148 Å². The number of benzene rings is 1. The van der Waals surface area contributed by atoms with Gasteiger partial charge in [-0.25, -0.2) is 13.1 Å². The Morgan fingerprint density at radius 3 is 2.60 bits per heavy atom. The van der Waals surface area contributed by atoms with Crippen LogP contribution in [0.5, 0.6) is 0 Å². The first-order valence-corrected chi connectivity index (χ1v) is 9.78. The van der Waals surface area contributed by atoms with Crippen LogP contribution in [0.2, 0.25) is 0 Å². The predicted octanol–water partition coefficient (Wildman–Crippen LogP) is 2.48. The van der Waals surface area contributed by atoms with Crippen molar-refractivity contribution in [3.63, 3.8) is 0 Å². The number of sulfonamides is 1. The molecule has 1 aromatic heterocycles. The van der Waals surface area contributed by atoms with E-state index >= 15 is 0 Å². The summed E-state index contributed by atoms with van der Waals surface area (Å²) in [5.41, 5.74) is 1.23. The second-order valence-corrected chi connectivity index (χ2v) is 7.44. The number of carbonyl (C=O) groups excluding carboxylic acids is 1. The zero-order chi connectivity index (χ0) is 18.1. The van der Waals surface area contributed by atoms with Gasteiger partial charge in [-0.1, -0.05) is 25.8 Å². The molecule has 0 saturated heterocycles. The summed E-state index contributed by atoms with van der Waals surface area (Å²) in [4.78, 5) is 16.3. The molecule has 0 atom stereocenters. The molecule has 1 aromatic carbocycles. The highest BCUT2D eigenvalue weighted by Gasteiger charge is 2.15. The van der Waals surface area contributed by atoms with E-state index in [-0.39, 0.29) is 10.8 Å². The summed E-state index contributed by atoms with van der Waals surface area (Å²) in [6, 6.07) is 9.66. The fourth-order valence-corrected chi connectivity index (χ4v) is 3.37. The largest absolute Gasteiger partial charge is 0.348 e. The summed E-state index contributed by atoms with van der Waals surface area (Å²) in [5.74, 6) is -0.320. The van der Waals surface area contributed by atoms with E-state index in [1.807, 2.05) is 0 Å². The van der Waals surface area contributed by atoms with Crippen LogP contribution in [0.3, 0.4) is 0 Å². The molecule has 0 fully saturated rings. The van der Waals surface area contributed by atoms with Gasteiger partial charge in [-0.3, -0.25) is 9.78 Å². The molecule has 7 heteroatoms. The van der Waals surface area contributed by atoms with Gasteiger partial charge < -0.3 is 5.32 Å². The van der Waals surface area contributed by atoms with Crippen molar-refractivity contribution in [2.75, 3.05) is 6.54 Å². The van der Waals surface area contributed by atoms with Gasteiger partial charge in [-0.2, -0.15) is 0 Å². The molecular formula is C18H23N3O3S. The maximum Gasteiger partial charge on any atom is 0.251 e. The smallest absolute Gasteiger partial charge is 0.251 e. The molecule has 0 spiro atoms. The number of hydrogen-bond donors (Lipinski definition) is 2. The standard InChI is InChI=1S/C18H23N3O3S/c1-2-3-4-10-21-25(23,24)17-7-5-6-16(13-17)18(22)20-14-15-8-11-19-12-9-15/h5-9,11-13,21H,2-4,10,14H2,1H3,(H,20,22). The maximum atomic E-state index is 12.3. The van der Waals surface area contributed by atoms with Crippen molar-refractivity contribution in [3.8, 4) is 0 Å². The van der Waals surface area contributed by atoms with Crippen molar-refractivity contribution in [1.82, 2.24) is 15.0 Å². The van der Waals surface area contributed by atoms with Crippen LogP contribution in [0.25, 0.3) is 0 Å². The summed E-state index contributed by atoms with van der Waals surface area (Å²) in [6.07, 6.45) is 6.09. The average molecular weight is 361 g/mol. The van der Waals surface area contributed by atoms with Gasteiger partial charge in [0.25, 0.3) is 5.91 Å². The van der Waals surface area contributed by atoms with Gasteiger partial charge in [0.05, 0.1) is 4.90 Å². The molecule has 0 aliphatic heterocycles. The lowest BCUT2D eigenvalue weighted by molar-refractivity contribution is 0.0950. The summed E-state index contributed by atoms with van der Waals surface area (Å²) in [5, 5.41) is 2.77. The van der Waals surface area contributed by atoms with Crippen LogP contribution in [-0.2, 0) is 16.6 Å². The molecule has 0 radical (unpaired) electrons. The third-order valence-corrected chi connectivity index (χ3v) is 5.14. The number of aromatic nitrogens is 1. The molecule has 134 valence electrons. The summed E-state index contributed by atoms with van der Waals surface area (Å²) < 4.78 is 27.2. The third-order valence-electron chi connectivity index (χ3n) is 3.68. The highest BCUT2D eigenvalue weighted by atomic mass is 32.2. The lowest BCUT2D eigenvalue weighted by Gasteiger charge is -2.09. The number of nitrogens with one attached hydrogen (secondary N) is 2. The Balaban J connectivity index is 2.00. The lowest BCUT2D eigenvalue weighted by Crippen LogP contribution is -2.26. The first-order valence-electron chi connectivity index (χ1n) is 8.30. The Bertz CT molecular complexity index is 792. The van der Waals surface area contributed by atoms with Gasteiger partial charge in [-0.15, -0.1) is 0 Å². The van der Waals surface area contributed by atoms with Crippen molar-refractivity contribution >= 4 is 15.9 Å². The molecule has 1 heterocycles. The number of rotatable bonds is 9. The zero-order valence-electron chi connectivity index (χ0n) is 14.2. The van der Waals surface area contributed by atoms with E-state index in [4.69, 9.17) is 0 Å². The van der Waals surface area contributed by atoms with Crippen molar-refractivity contribution in [2.24, 2.45) is 0 Å². The van der Waals surface area contributed by atoms with Gasteiger partial charge in [0.2, 0.25) is 10.0 Å². The SMILES string of the molecule is CCCCCNS(=O)(=O)c1cccc(C(=O)NCc2ccncc2)c1. The van der Waals surface area contributed by atoms with Crippen molar-refractivity contribution in [2.45, 2.75) is 37.6 Å². The van der Waals surface area contributed by atoms with E-state index in [2.05, 4.69) is 21.9 Å². The van der Waals surface area contributed by atoms with Crippen LogP contribution < -0.4 is 10.0 Å². The van der Waals surface area contributed by atoms with Crippen molar-refractivity contribution in [3.05, 3.63) is 59.9 Å². The van der Waals surface area contributed by atoms with Crippen LogP contribution in [0, 0.1) is 0 Å². The fourth-order valence-electron chi connectivity index (χ4n) is 2.25. The quantitative estimate of drug-likeness (QED) is 0.672. The number of hydrogen-bond acceptors (Lipinski definition) is 4. The Morgan fingerprint density at radius 2 is 1.88 bits per heavy atom. The van der Waals surface area contributed by atoms with Gasteiger partial charge in [-0.05, 0) is 42.3 Å². The molecule has 6 nitrogen and oxygen atoms in total. The zero-order valence-corrected chi connectivity index (χ0v) is 15.1. The van der Waals surface area contributed by atoms with E-state index < -0.39 is 10.0 Å².